The van der Waals surface area contributed by atoms with Gasteiger partial charge >= 0.3 is 0 Å². The first kappa shape index (κ1) is 17.6. The summed E-state index contributed by atoms with van der Waals surface area (Å²) < 4.78 is 25.4. The molecule has 25 heavy (non-hydrogen) atoms. The van der Waals surface area contributed by atoms with Crippen LogP contribution in [0.3, 0.4) is 0 Å². The average Bonchev–Trinajstić information content (AvgIpc) is 2.95. The number of nitrogens with one attached hydrogen (secondary N) is 1. The van der Waals surface area contributed by atoms with Crippen molar-refractivity contribution >= 4 is 42.4 Å². The van der Waals surface area contributed by atoms with Crippen molar-refractivity contribution in [2.45, 2.75) is 19.6 Å². The quantitative estimate of drug-likeness (QED) is 0.742. The monoisotopic (exact) mass is 374 g/mol. The van der Waals surface area contributed by atoms with Crippen LogP contribution in [-0.2, 0) is 20.4 Å². The highest BCUT2D eigenvalue weighted by Crippen LogP contribution is 2.30. The standard InChI is InChI=1S/C18H18N2O3S2/c1-12-8-9-13(2)17-16(12)20-18(24-17)19-15(21)11-25(22,23)10-14-6-4-3-5-7-14/h3-9H,10-11H2,1-2H3,(H,19,20,21). The molecule has 130 valence electrons. The lowest BCUT2D eigenvalue weighted by Crippen LogP contribution is -2.23. The first-order valence-corrected chi connectivity index (χ1v) is 10.4. The number of carbonyl (C=O) groups is 1. The molecular weight excluding hydrogens is 356 g/mol. The molecule has 0 atom stereocenters. The number of rotatable bonds is 5. The van der Waals surface area contributed by atoms with Crippen molar-refractivity contribution in [1.29, 1.82) is 0 Å². The SMILES string of the molecule is Cc1ccc(C)c2sc(NC(=O)CS(=O)(=O)Cc3ccccc3)nc12. The Kier molecular flexibility index (Phi) is 4.87. The van der Waals surface area contributed by atoms with E-state index in [0.29, 0.717) is 10.7 Å². The van der Waals surface area contributed by atoms with E-state index < -0.39 is 21.5 Å². The van der Waals surface area contributed by atoms with E-state index in [4.69, 9.17) is 0 Å². The molecule has 0 unspecified atom stereocenters. The molecule has 2 aromatic carbocycles. The van der Waals surface area contributed by atoms with Crippen molar-refractivity contribution in [3.63, 3.8) is 0 Å². The largest absolute Gasteiger partial charge is 0.301 e. The van der Waals surface area contributed by atoms with Crippen molar-refractivity contribution < 1.29 is 13.2 Å². The molecule has 0 saturated heterocycles. The number of carbonyl (C=O) groups excluding carboxylic acids is 1. The number of anilines is 1. The average molecular weight is 374 g/mol. The van der Waals surface area contributed by atoms with Gasteiger partial charge in [-0.3, -0.25) is 4.79 Å². The number of aromatic nitrogens is 1. The number of amides is 1. The summed E-state index contributed by atoms with van der Waals surface area (Å²) in [5.74, 6) is -1.28. The summed E-state index contributed by atoms with van der Waals surface area (Å²) in [6.07, 6.45) is 0. The zero-order valence-corrected chi connectivity index (χ0v) is 15.6. The van der Waals surface area contributed by atoms with Crippen LogP contribution in [0.25, 0.3) is 10.2 Å². The molecule has 5 nitrogen and oxygen atoms in total. The van der Waals surface area contributed by atoms with E-state index in [9.17, 15) is 13.2 Å². The summed E-state index contributed by atoms with van der Waals surface area (Å²) in [6, 6.07) is 12.8. The third-order valence-corrected chi connectivity index (χ3v) is 6.35. The highest BCUT2D eigenvalue weighted by atomic mass is 32.2. The summed E-state index contributed by atoms with van der Waals surface area (Å²) in [7, 11) is -3.54. The van der Waals surface area contributed by atoms with Crippen LogP contribution >= 0.6 is 11.3 Å². The van der Waals surface area contributed by atoms with Crippen molar-refractivity contribution in [2.24, 2.45) is 0 Å². The number of sulfone groups is 1. The molecular formula is C18H18N2O3S2. The van der Waals surface area contributed by atoms with Gasteiger partial charge in [0.05, 0.1) is 16.0 Å². The summed E-state index contributed by atoms with van der Waals surface area (Å²) >= 11 is 1.36. The van der Waals surface area contributed by atoms with Gasteiger partial charge in [0.1, 0.15) is 5.75 Å². The minimum atomic E-state index is -3.54. The van der Waals surface area contributed by atoms with Gasteiger partial charge in [0.2, 0.25) is 5.91 Å². The number of hydrogen-bond acceptors (Lipinski definition) is 5. The Labute approximate surface area is 150 Å². The minimum absolute atomic E-state index is 0.153. The molecule has 0 saturated carbocycles. The van der Waals surface area contributed by atoms with Gasteiger partial charge in [-0.05, 0) is 30.5 Å². The van der Waals surface area contributed by atoms with E-state index in [2.05, 4.69) is 10.3 Å². The topological polar surface area (TPSA) is 76.1 Å². The normalized spacial score (nSPS) is 11.6. The second kappa shape index (κ2) is 6.93. The molecule has 0 bridgehead atoms. The highest BCUT2D eigenvalue weighted by Gasteiger charge is 2.19. The van der Waals surface area contributed by atoms with Crippen LogP contribution in [0.4, 0.5) is 5.13 Å². The van der Waals surface area contributed by atoms with Gasteiger partial charge < -0.3 is 5.32 Å². The zero-order chi connectivity index (χ0) is 18.0. The van der Waals surface area contributed by atoms with E-state index in [-0.39, 0.29) is 5.75 Å². The third kappa shape index (κ3) is 4.24. The number of nitrogens with zero attached hydrogens (tertiary/aromatic N) is 1. The van der Waals surface area contributed by atoms with Crippen molar-refractivity contribution in [3.05, 3.63) is 59.2 Å². The fourth-order valence-electron chi connectivity index (χ4n) is 2.55. The van der Waals surface area contributed by atoms with Gasteiger partial charge in [0, 0.05) is 0 Å². The van der Waals surface area contributed by atoms with Gasteiger partial charge in [-0.2, -0.15) is 0 Å². The summed E-state index contributed by atoms with van der Waals surface area (Å²) in [4.78, 5) is 16.6. The van der Waals surface area contributed by atoms with Crippen LogP contribution in [-0.4, -0.2) is 25.1 Å². The van der Waals surface area contributed by atoms with E-state index in [1.807, 2.05) is 32.0 Å². The Morgan fingerprint density at radius 1 is 1.08 bits per heavy atom. The van der Waals surface area contributed by atoms with E-state index in [1.54, 1.807) is 24.3 Å². The van der Waals surface area contributed by atoms with Gasteiger partial charge in [-0.25, -0.2) is 13.4 Å². The molecule has 1 heterocycles. The van der Waals surface area contributed by atoms with Crippen molar-refractivity contribution in [2.75, 3.05) is 11.1 Å². The predicted octanol–water partition coefficient (Wildman–Crippen LogP) is 3.47. The first-order valence-electron chi connectivity index (χ1n) is 7.75. The fourth-order valence-corrected chi connectivity index (χ4v) is 4.85. The summed E-state index contributed by atoms with van der Waals surface area (Å²) in [5.41, 5.74) is 3.61. The molecule has 0 spiro atoms. The van der Waals surface area contributed by atoms with Crippen molar-refractivity contribution in [3.8, 4) is 0 Å². The van der Waals surface area contributed by atoms with Crippen LogP contribution in [0.2, 0.25) is 0 Å². The molecule has 1 aromatic heterocycles. The van der Waals surface area contributed by atoms with E-state index in [0.717, 1.165) is 21.3 Å². The van der Waals surface area contributed by atoms with Gasteiger partial charge in [0.15, 0.2) is 15.0 Å². The van der Waals surface area contributed by atoms with Crippen LogP contribution in [0, 0.1) is 13.8 Å². The molecule has 1 N–H and O–H groups in total. The number of hydrogen-bond donors (Lipinski definition) is 1. The molecule has 3 aromatic rings. The highest BCUT2D eigenvalue weighted by molar-refractivity contribution is 7.91. The van der Waals surface area contributed by atoms with Gasteiger partial charge in [-0.1, -0.05) is 53.8 Å². The molecule has 0 aliphatic rings. The Morgan fingerprint density at radius 3 is 2.44 bits per heavy atom. The van der Waals surface area contributed by atoms with E-state index in [1.165, 1.54) is 11.3 Å². The Hall–Kier alpha value is -2.25. The van der Waals surface area contributed by atoms with E-state index >= 15 is 0 Å². The van der Waals surface area contributed by atoms with Crippen LogP contribution < -0.4 is 5.32 Å². The second-order valence-electron chi connectivity index (χ2n) is 5.96. The summed E-state index contributed by atoms with van der Waals surface area (Å²) in [6.45, 7) is 3.94. The maximum atomic E-state index is 12.2. The third-order valence-electron chi connectivity index (χ3n) is 3.77. The van der Waals surface area contributed by atoms with Crippen LogP contribution in [0.5, 0.6) is 0 Å². The maximum absolute atomic E-state index is 12.2. The minimum Gasteiger partial charge on any atom is -0.301 e. The molecule has 1 amide bonds. The molecule has 7 heteroatoms. The lowest BCUT2D eigenvalue weighted by Gasteiger charge is -2.04. The number of thiazole rings is 1. The number of aryl methyl sites for hydroxylation is 2. The second-order valence-corrected chi connectivity index (χ2v) is 9.03. The molecule has 0 fully saturated rings. The molecule has 3 rings (SSSR count). The van der Waals surface area contributed by atoms with Crippen LogP contribution in [0.15, 0.2) is 42.5 Å². The Balaban J connectivity index is 1.72. The Bertz CT molecular complexity index is 986. The smallest absolute Gasteiger partial charge is 0.241 e. The predicted molar refractivity (Wildman–Crippen MR) is 102 cm³/mol. The lowest BCUT2D eigenvalue weighted by atomic mass is 10.1. The van der Waals surface area contributed by atoms with Crippen LogP contribution in [0.1, 0.15) is 16.7 Å². The zero-order valence-electron chi connectivity index (χ0n) is 13.9. The molecule has 0 radical (unpaired) electrons. The summed E-state index contributed by atoms with van der Waals surface area (Å²) in [5, 5.41) is 3.04. The van der Waals surface area contributed by atoms with Crippen molar-refractivity contribution in [1.82, 2.24) is 4.98 Å². The fraction of sp³-hybridized carbons (Fsp3) is 0.222. The maximum Gasteiger partial charge on any atom is 0.241 e. The first-order chi connectivity index (χ1) is 11.8. The Morgan fingerprint density at radius 2 is 1.76 bits per heavy atom. The van der Waals surface area contributed by atoms with Gasteiger partial charge in [-0.15, -0.1) is 0 Å². The lowest BCUT2D eigenvalue weighted by molar-refractivity contribution is -0.113. The van der Waals surface area contributed by atoms with Gasteiger partial charge in [0.25, 0.3) is 0 Å². The number of fused-ring (bicyclic) bond motifs is 1. The number of benzene rings is 2. The molecule has 0 aliphatic heterocycles. The molecule has 0 aliphatic carbocycles.